The summed E-state index contributed by atoms with van der Waals surface area (Å²) < 4.78 is 44.6. The molecule has 6 heteroatoms. The second-order valence-corrected chi connectivity index (χ2v) is 3.75. The number of rotatable bonds is 4. The van der Waals surface area contributed by atoms with Gasteiger partial charge in [-0.2, -0.15) is 0 Å². The molecular weight excluding hydrogens is 261 g/mol. The van der Waals surface area contributed by atoms with Crippen LogP contribution in [-0.4, -0.2) is 12.1 Å². The number of ether oxygens (including phenoxy) is 1. The molecule has 0 aliphatic rings. The zero-order chi connectivity index (χ0) is 13.9. The fourth-order valence-corrected chi connectivity index (χ4v) is 1.52. The standard InChI is InChI=1S/C13H9F3O3/c14-13(15,16)19-10-5-3-9(4-6-10)12(17)8-11-2-1-7-18-11/h1-7H,8H2. The number of Topliss-reactive ketones (excluding diaryl/α,β-unsaturated/α-hetero) is 1. The van der Waals surface area contributed by atoms with Crippen molar-refractivity contribution in [3.8, 4) is 5.75 Å². The molecule has 1 aromatic heterocycles. The van der Waals surface area contributed by atoms with E-state index in [0.29, 0.717) is 11.3 Å². The van der Waals surface area contributed by atoms with E-state index in [1.54, 1.807) is 12.1 Å². The van der Waals surface area contributed by atoms with Crippen LogP contribution in [0.4, 0.5) is 13.2 Å². The zero-order valence-corrected chi connectivity index (χ0v) is 9.61. The normalized spacial score (nSPS) is 11.3. The molecule has 0 unspecified atom stereocenters. The van der Waals surface area contributed by atoms with Crippen LogP contribution in [0.15, 0.2) is 47.1 Å². The summed E-state index contributed by atoms with van der Waals surface area (Å²) in [6, 6.07) is 8.08. The van der Waals surface area contributed by atoms with E-state index in [1.807, 2.05) is 0 Å². The van der Waals surface area contributed by atoms with Crippen molar-refractivity contribution < 1.29 is 27.1 Å². The summed E-state index contributed by atoms with van der Waals surface area (Å²) >= 11 is 0. The van der Waals surface area contributed by atoms with Crippen LogP contribution in [0.5, 0.6) is 5.75 Å². The Kier molecular flexibility index (Phi) is 3.59. The van der Waals surface area contributed by atoms with E-state index in [4.69, 9.17) is 4.42 Å². The van der Waals surface area contributed by atoms with Crippen molar-refractivity contribution in [1.29, 1.82) is 0 Å². The average molecular weight is 270 g/mol. The van der Waals surface area contributed by atoms with E-state index in [9.17, 15) is 18.0 Å². The maximum atomic E-state index is 12.0. The summed E-state index contributed by atoms with van der Waals surface area (Å²) in [5.74, 6) is -0.101. The fraction of sp³-hybridized carbons (Fsp3) is 0.154. The van der Waals surface area contributed by atoms with Crippen molar-refractivity contribution in [1.82, 2.24) is 0 Å². The third kappa shape index (κ3) is 3.87. The van der Waals surface area contributed by atoms with E-state index in [2.05, 4.69) is 4.74 Å². The monoisotopic (exact) mass is 270 g/mol. The first-order chi connectivity index (χ1) is 8.94. The van der Waals surface area contributed by atoms with E-state index in [-0.39, 0.29) is 18.0 Å². The quantitative estimate of drug-likeness (QED) is 0.797. The Balaban J connectivity index is 2.04. The predicted octanol–water partition coefficient (Wildman–Crippen LogP) is 3.60. The molecule has 0 spiro atoms. The number of hydrogen-bond donors (Lipinski definition) is 0. The van der Waals surface area contributed by atoms with Crippen molar-refractivity contribution in [2.45, 2.75) is 12.8 Å². The molecule has 0 radical (unpaired) electrons. The Bertz CT molecular complexity index is 542. The maximum Gasteiger partial charge on any atom is 0.573 e. The Labute approximate surface area is 106 Å². The molecule has 0 fully saturated rings. The topological polar surface area (TPSA) is 39.4 Å². The van der Waals surface area contributed by atoms with Gasteiger partial charge in [0.15, 0.2) is 5.78 Å². The Morgan fingerprint density at radius 3 is 2.37 bits per heavy atom. The lowest BCUT2D eigenvalue weighted by Crippen LogP contribution is -2.17. The van der Waals surface area contributed by atoms with Crippen LogP contribution in [0.1, 0.15) is 16.1 Å². The summed E-state index contributed by atoms with van der Waals surface area (Å²) in [6.45, 7) is 0. The number of carbonyl (C=O) groups excluding carboxylic acids is 1. The molecule has 0 saturated heterocycles. The zero-order valence-electron chi connectivity index (χ0n) is 9.61. The molecule has 100 valence electrons. The molecule has 0 aliphatic heterocycles. The Morgan fingerprint density at radius 1 is 1.16 bits per heavy atom. The first-order valence-corrected chi connectivity index (χ1v) is 5.35. The van der Waals surface area contributed by atoms with E-state index < -0.39 is 6.36 Å². The van der Waals surface area contributed by atoms with Gasteiger partial charge in [0.25, 0.3) is 0 Å². The van der Waals surface area contributed by atoms with E-state index >= 15 is 0 Å². The minimum atomic E-state index is -4.74. The molecule has 0 amide bonds. The van der Waals surface area contributed by atoms with Gasteiger partial charge >= 0.3 is 6.36 Å². The van der Waals surface area contributed by atoms with Crippen LogP contribution in [0.2, 0.25) is 0 Å². The van der Waals surface area contributed by atoms with Gasteiger partial charge in [-0.15, -0.1) is 13.2 Å². The van der Waals surface area contributed by atoms with Gasteiger partial charge in [0, 0.05) is 5.56 Å². The highest BCUT2D eigenvalue weighted by atomic mass is 19.4. The second-order valence-electron chi connectivity index (χ2n) is 3.75. The highest BCUT2D eigenvalue weighted by Gasteiger charge is 2.31. The molecule has 0 bridgehead atoms. The summed E-state index contributed by atoms with van der Waals surface area (Å²) in [6.07, 6.45) is -3.23. The molecule has 0 saturated carbocycles. The molecule has 1 heterocycles. The SMILES string of the molecule is O=C(Cc1ccco1)c1ccc(OC(F)(F)F)cc1. The smallest absolute Gasteiger partial charge is 0.469 e. The lowest BCUT2D eigenvalue weighted by molar-refractivity contribution is -0.274. The van der Waals surface area contributed by atoms with Crippen LogP contribution in [0.25, 0.3) is 0 Å². The molecule has 2 rings (SSSR count). The first kappa shape index (κ1) is 13.2. The molecule has 0 aliphatic carbocycles. The molecule has 3 nitrogen and oxygen atoms in total. The number of benzene rings is 1. The van der Waals surface area contributed by atoms with Crippen molar-refractivity contribution in [3.05, 3.63) is 54.0 Å². The molecule has 0 atom stereocenters. The lowest BCUT2D eigenvalue weighted by atomic mass is 10.1. The first-order valence-electron chi connectivity index (χ1n) is 5.35. The van der Waals surface area contributed by atoms with Gasteiger partial charge in [-0.25, -0.2) is 0 Å². The highest BCUT2D eigenvalue weighted by Crippen LogP contribution is 2.23. The van der Waals surface area contributed by atoms with Crippen molar-refractivity contribution in [3.63, 3.8) is 0 Å². The number of ketones is 1. The van der Waals surface area contributed by atoms with Gasteiger partial charge < -0.3 is 9.15 Å². The van der Waals surface area contributed by atoms with Crippen LogP contribution < -0.4 is 4.74 Å². The second kappa shape index (κ2) is 5.17. The lowest BCUT2D eigenvalue weighted by Gasteiger charge is -2.08. The Hall–Kier alpha value is -2.24. The molecular formula is C13H9F3O3. The molecule has 1 aromatic carbocycles. The van der Waals surface area contributed by atoms with Crippen molar-refractivity contribution >= 4 is 5.78 Å². The van der Waals surface area contributed by atoms with E-state index in [1.165, 1.54) is 18.4 Å². The molecule has 0 N–H and O–H groups in total. The van der Waals surface area contributed by atoms with Gasteiger partial charge in [-0.05, 0) is 36.4 Å². The fourth-order valence-electron chi connectivity index (χ4n) is 1.52. The van der Waals surface area contributed by atoms with Crippen LogP contribution in [0, 0.1) is 0 Å². The molecule has 2 aromatic rings. The number of hydrogen-bond acceptors (Lipinski definition) is 3. The summed E-state index contributed by atoms with van der Waals surface area (Å²) in [4.78, 5) is 11.8. The third-order valence-corrected chi connectivity index (χ3v) is 2.32. The summed E-state index contributed by atoms with van der Waals surface area (Å²) in [5.41, 5.74) is 0.297. The molecule has 19 heavy (non-hydrogen) atoms. The van der Waals surface area contributed by atoms with Crippen molar-refractivity contribution in [2.75, 3.05) is 0 Å². The van der Waals surface area contributed by atoms with Gasteiger partial charge in [-0.1, -0.05) is 0 Å². The predicted molar refractivity (Wildman–Crippen MR) is 59.9 cm³/mol. The highest BCUT2D eigenvalue weighted by molar-refractivity contribution is 5.97. The van der Waals surface area contributed by atoms with Gasteiger partial charge in [0.1, 0.15) is 11.5 Å². The third-order valence-electron chi connectivity index (χ3n) is 2.32. The number of carbonyl (C=O) groups is 1. The van der Waals surface area contributed by atoms with Gasteiger partial charge in [0.2, 0.25) is 0 Å². The minimum absolute atomic E-state index is 0.0620. The van der Waals surface area contributed by atoms with Crippen molar-refractivity contribution in [2.24, 2.45) is 0 Å². The minimum Gasteiger partial charge on any atom is -0.469 e. The van der Waals surface area contributed by atoms with Crippen LogP contribution in [0.3, 0.4) is 0 Å². The largest absolute Gasteiger partial charge is 0.573 e. The van der Waals surface area contributed by atoms with Crippen LogP contribution in [-0.2, 0) is 6.42 Å². The van der Waals surface area contributed by atoms with Gasteiger partial charge in [0.05, 0.1) is 12.7 Å². The number of halogens is 3. The average Bonchev–Trinajstić information content (AvgIpc) is 2.80. The summed E-state index contributed by atoms with van der Waals surface area (Å²) in [7, 11) is 0. The summed E-state index contributed by atoms with van der Waals surface area (Å²) in [5, 5.41) is 0. The Morgan fingerprint density at radius 2 is 1.84 bits per heavy atom. The number of alkyl halides is 3. The van der Waals surface area contributed by atoms with Gasteiger partial charge in [-0.3, -0.25) is 4.79 Å². The maximum absolute atomic E-state index is 12.0. The van der Waals surface area contributed by atoms with E-state index in [0.717, 1.165) is 12.1 Å². The number of furan rings is 1. The van der Waals surface area contributed by atoms with Crippen LogP contribution >= 0.6 is 0 Å².